The molecule has 1 aromatic carbocycles. The maximum absolute atomic E-state index is 6.05. The third kappa shape index (κ3) is 3.77. The summed E-state index contributed by atoms with van der Waals surface area (Å²) in [6, 6.07) is 8.24. The maximum atomic E-state index is 6.05. The Balaban J connectivity index is 2.92. The Labute approximate surface area is 104 Å². The molecular weight excluding hydrogens is 210 g/mol. The quantitative estimate of drug-likeness (QED) is 0.642. The van der Waals surface area contributed by atoms with Crippen molar-refractivity contribution in [3.63, 3.8) is 0 Å². The van der Waals surface area contributed by atoms with Gasteiger partial charge in [0, 0.05) is 18.8 Å². The fraction of sp³-hybridized carbons (Fsp3) is 0.500. The van der Waals surface area contributed by atoms with Crippen LogP contribution >= 0.6 is 0 Å². The molecule has 17 heavy (non-hydrogen) atoms. The van der Waals surface area contributed by atoms with Gasteiger partial charge in [-0.15, -0.1) is 0 Å². The lowest BCUT2D eigenvalue weighted by Crippen LogP contribution is -2.38. The van der Waals surface area contributed by atoms with Crippen LogP contribution in [0.25, 0.3) is 0 Å². The summed E-state index contributed by atoms with van der Waals surface area (Å²) in [5.41, 5.74) is 8.41. The highest BCUT2D eigenvalue weighted by Crippen LogP contribution is 2.18. The molecule has 3 heteroatoms. The van der Waals surface area contributed by atoms with Crippen LogP contribution < -0.4 is 10.6 Å². The number of aliphatic imine (C=N–C) groups is 1. The number of anilines is 1. The van der Waals surface area contributed by atoms with E-state index in [1.807, 2.05) is 12.1 Å². The van der Waals surface area contributed by atoms with E-state index in [0.717, 1.165) is 18.8 Å². The number of aryl methyl sites for hydroxylation is 1. The van der Waals surface area contributed by atoms with Gasteiger partial charge >= 0.3 is 0 Å². The summed E-state index contributed by atoms with van der Waals surface area (Å²) < 4.78 is 0. The van der Waals surface area contributed by atoms with Crippen LogP contribution in [0.4, 0.5) is 5.69 Å². The molecule has 3 nitrogen and oxygen atoms in total. The van der Waals surface area contributed by atoms with Gasteiger partial charge in [0.25, 0.3) is 0 Å². The summed E-state index contributed by atoms with van der Waals surface area (Å²) in [6.07, 6.45) is 0. The van der Waals surface area contributed by atoms with Gasteiger partial charge in [-0.2, -0.15) is 0 Å². The monoisotopic (exact) mass is 233 g/mol. The van der Waals surface area contributed by atoms with Gasteiger partial charge in [-0.3, -0.25) is 4.99 Å². The zero-order chi connectivity index (χ0) is 12.8. The molecule has 0 spiro atoms. The number of nitrogens with two attached hydrogens (primary N) is 1. The Hall–Kier alpha value is -1.51. The number of guanidine groups is 1. The Morgan fingerprint density at radius 1 is 1.35 bits per heavy atom. The molecule has 0 aliphatic carbocycles. The molecule has 0 aromatic heterocycles. The highest BCUT2D eigenvalue weighted by molar-refractivity contribution is 5.95. The van der Waals surface area contributed by atoms with Gasteiger partial charge in [0.05, 0.1) is 0 Å². The molecule has 0 aliphatic rings. The minimum Gasteiger partial charge on any atom is -0.370 e. The molecule has 0 fully saturated rings. The zero-order valence-electron chi connectivity index (χ0n) is 11.3. The molecule has 0 aliphatic heterocycles. The molecule has 0 unspecified atom stereocenters. The SMILES string of the molecule is CCN(C(N)=NCC(C)C)c1ccccc1C. The lowest BCUT2D eigenvalue weighted by molar-refractivity contribution is 0.663. The Morgan fingerprint density at radius 2 is 2.00 bits per heavy atom. The molecular formula is C14H23N3. The number of para-hydroxylation sites is 1. The molecule has 0 bridgehead atoms. The molecule has 0 amide bonds. The minimum atomic E-state index is 0.532. The summed E-state index contributed by atoms with van der Waals surface area (Å²) >= 11 is 0. The summed E-state index contributed by atoms with van der Waals surface area (Å²) in [6.45, 7) is 10.1. The zero-order valence-corrected chi connectivity index (χ0v) is 11.3. The van der Waals surface area contributed by atoms with E-state index in [-0.39, 0.29) is 0 Å². The largest absolute Gasteiger partial charge is 0.370 e. The van der Waals surface area contributed by atoms with Gasteiger partial charge in [-0.25, -0.2) is 0 Å². The Kier molecular flexibility index (Phi) is 5.01. The average molecular weight is 233 g/mol. The summed E-state index contributed by atoms with van der Waals surface area (Å²) in [7, 11) is 0. The standard InChI is InChI=1S/C14H23N3/c1-5-17(14(15)16-10-11(2)3)13-9-7-6-8-12(13)4/h6-9,11H,5,10H2,1-4H3,(H2,15,16). The normalized spacial score (nSPS) is 11.9. The Morgan fingerprint density at radius 3 is 2.53 bits per heavy atom. The van der Waals surface area contributed by atoms with Crippen LogP contribution in [0.3, 0.4) is 0 Å². The Bertz CT molecular complexity index is 383. The van der Waals surface area contributed by atoms with Gasteiger partial charge in [0.15, 0.2) is 5.96 Å². The molecule has 0 radical (unpaired) electrons. The summed E-state index contributed by atoms with van der Waals surface area (Å²) in [4.78, 5) is 6.49. The van der Waals surface area contributed by atoms with E-state index < -0.39 is 0 Å². The number of nitrogens with zero attached hydrogens (tertiary/aromatic N) is 2. The number of hydrogen-bond donors (Lipinski definition) is 1. The van der Waals surface area contributed by atoms with Crippen molar-refractivity contribution in [2.75, 3.05) is 18.0 Å². The van der Waals surface area contributed by atoms with Gasteiger partial charge in [0.1, 0.15) is 0 Å². The first-order valence-corrected chi connectivity index (χ1v) is 6.19. The topological polar surface area (TPSA) is 41.6 Å². The van der Waals surface area contributed by atoms with Crippen molar-refractivity contribution >= 4 is 11.6 Å². The molecule has 94 valence electrons. The molecule has 1 aromatic rings. The second-order valence-electron chi connectivity index (χ2n) is 4.62. The molecule has 0 heterocycles. The van der Waals surface area contributed by atoms with Crippen molar-refractivity contribution in [1.82, 2.24) is 0 Å². The fourth-order valence-electron chi connectivity index (χ4n) is 1.68. The van der Waals surface area contributed by atoms with E-state index in [9.17, 15) is 0 Å². The second kappa shape index (κ2) is 6.28. The van der Waals surface area contributed by atoms with Crippen LogP contribution in [0.5, 0.6) is 0 Å². The second-order valence-corrected chi connectivity index (χ2v) is 4.62. The van der Waals surface area contributed by atoms with E-state index in [4.69, 9.17) is 5.73 Å². The van der Waals surface area contributed by atoms with Crippen molar-refractivity contribution in [2.24, 2.45) is 16.6 Å². The van der Waals surface area contributed by atoms with E-state index in [1.165, 1.54) is 5.56 Å². The third-order valence-corrected chi connectivity index (χ3v) is 2.62. The number of rotatable bonds is 4. The van der Waals surface area contributed by atoms with Crippen LogP contribution in [-0.2, 0) is 0 Å². The van der Waals surface area contributed by atoms with E-state index in [2.05, 4.69) is 49.7 Å². The van der Waals surface area contributed by atoms with Crippen molar-refractivity contribution in [3.05, 3.63) is 29.8 Å². The highest BCUT2D eigenvalue weighted by Gasteiger charge is 2.10. The van der Waals surface area contributed by atoms with E-state index in [0.29, 0.717) is 11.9 Å². The van der Waals surface area contributed by atoms with E-state index in [1.54, 1.807) is 0 Å². The predicted octanol–water partition coefficient (Wildman–Crippen LogP) is 2.79. The van der Waals surface area contributed by atoms with Gasteiger partial charge < -0.3 is 10.6 Å². The van der Waals surface area contributed by atoms with Gasteiger partial charge in [-0.1, -0.05) is 32.0 Å². The minimum absolute atomic E-state index is 0.532. The van der Waals surface area contributed by atoms with Crippen molar-refractivity contribution in [2.45, 2.75) is 27.7 Å². The van der Waals surface area contributed by atoms with Crippen molar-refractivity contribution in [1.29, 1.82) is 0 Å². The van der Waals surface area contributed by atoms with Crippen LogP contribution in [0.2, 0.25) is 0 Å². The predicted molar refractivity (Wildman–Crippen MR) is 75.5 cm³/mol. The molecule has 0 atom stereocenters. The maximum Gasteiger partial charge on any atom is 0.195 e. The third-order valence-electron chi connectivity index (χ3n) is 2.62. The van der Waals surface area contributed by atoms with E-state index >= 15 is 0 Å². The first-order chi connectivity index (χ1) is 8.06. The van der Waals surface area contributed by atoms with Crippen LogP contribution in [0.1, 0.15) is 26.3 Å². The number of hydrogen-bond acceptors (Lipinski definition) is 1. The fourth-order valence-corrected chi connectivity index (χ4v) is 1.68. The summed E-state index contributed by atoms with van der Waals surface area (Å²) in [5, 5.41) is 0. The lowest BCUT2D eigenvalue weighted by Gasteiger charge is -2.24. The molecule has 0 saturated carbocycles. The van der Waals surface area contributed by atoms with Crippen molar-refractivity contribution in [3.8, 4) is 0 Å². The van der Waals surface area contributed by atoms with Gasteiger partial charge in [-0.05, 0) is 31.4 Å². The average Bonchev–Trinajstić information content (AvgIpc) is 2.30. The lowest BCUT2D eigenvalue weighted by atomic mass is 10.2. The smallest absolute Gasteiger partial charge is 0.195 e. The van der Waals surface area contributed by atoms with Crippen molar-refractivity contribution < 1.29 is 0 Å². The van der Waals surface area contributed by atoms with Crippen LogP contribution in [-0.4, -0.2) is 19.0 Å². The number of benzene rings is 1. The first-order valence-electron chi connectivity index (χ1n) is 6.19. The van der Waals surface area contributed by atoms with Crippen LogP contribution in [0, 0.1) is 12.8 Å². The van der Waals surface area contributed by atoms with Gasteiger partial charge in [0.2, 0.25) is 0 Å². The summed E-state index contributed by atoms with van der Waals surface area (Å²) in [5.74, 6) is 1.14. The highest BCUT2D eigenvalue weighted by atomic mass is 15.3. The molecule has 1 rings (SSSR count). The molecule has 2 N–H and O–H groups in total. The first kappa shape index (κ1) is 13.6. The van der Waals surface area contributed by atoms with Crippen LogP contribution in [0.15, 0.2) is 29.3 Å². The molecule has 0 saturated heterocycles.